The highest BCUT2D eigenvalue weighted by atomic mass is 32.2. The van der Waals surface area contributed by atoms with Crippen molar-refractivity contribution in [1.29, 1.82) is 0 Å². The molecule has 0 aliphatic heterocycles. The Kier molecular flexibility index (Phi) is 12.6. The molecule has 0 unspecified atom stereocenters. The molecule has 0 spiro atoms. The number of thioether (sulfide) groups is 1. The predicted octanol–water partition coefficient (Wildman–Crippen LogP) is 11.5. The summed E-state index contributed by atoms with van der Waals surface area (Å²) in [5.41, 5.74) is 3.98. The van der Waals surface area contributed by atoms with Gasteiger partial charge in [-0.05, 0) is 47.2 Å². The van der Waals surface area contributed by atoms with E-state index in [1.165, 1.54) is 55.2 Å². The van der Waals surface area contributed by atoms with E-state index in [0.717, 1.165) is 12.2 Å². The summed E-state index contributed by atoms with van der Waals surface area (Å²) in [6, 6.07) is 33.3. The van der Waals surface area contributed by atoms with Crippen molar-refractivity contribution in [2.24, 2.45) is 5.92 Å². The van der Waals surface area contributed by atoms with Gasteiger partial charge in [0.2, 0.25) is 0 Å². The van der Waals surface area contributed by atoms with Crippen molar-refractivity contribution >= 4 is 20.1 Å². The second-order valence-corrected chi connectivity index (χ2v) is 19.1. The Morgan fingerprint density at radius 1 is 0.700 bits per heavy atom. The molecule has 0 aliphatic rings. The van der Waals surface area contributed by atoms with Crippen molar-refractivity contribution < 1.29 is 4.43 Å². The topological polar surface area (TPSA) is 9.23 Å². The average Bonchev–Trinajstić information content (AvgIpc) is 2.94. The summed E-state index contributed by atoms with van der Waals surface area (Å²) < 4.78 is 6.94. The molecule has 0 amide bonds. The van der Waals surface area contributed by atoms with Crippen LogP contribution < -0.4 is 0 Å². The van der Waals surface area contributed by atoms with Crippen LogP contribution in [0, 0.1) is 5.92 Å². The van der Waals surface area contributed by atoms with Gasteiger partial charge in [-0.2, -0.15) is 0 Å². The highest BCUT2D eigenvalue weighted by Gasteiger charge is 2.41. The van der Waals surface area contributed by atoms with E-state index < -0.39 is 8.32 Å². The SMILES string of the molecule is CCCCCCC[C@@H](C)C[C@@H](CSC(c1ccccc1)(c1ccccc1)c1ccccc1)O[Si](C)(C)C(C)(C)C. The van der Waals surface area contributed by atoms with E-state index in [9.17, 15) is 0 Å². The Balaban J connectivity index is 1.95. The van der Waals surface area contributed by atoms with Gasteiger partial charge in [-0.15, -0.1) is 11.8 Å². The maximum atomic E-state index is 7.24. The molecule has 1 nitrogen and oxygen atoms in total. The van der Waals surface area contributed by atoms with Crippen LogP contribution >= 0.6 is 11.8 Å². The van der Waals surface area contributed by atoms with Crippen LogP contribution in [0.25, 0.3) is 0 Å². The molecule has 3 aromatic rings. The Bertz CT molecular complexity index is 995. The second kappa shape index (κ2) is 15.4. The molecule has 0 saturated carbocycles. The zero-order valence-electron chi connectivity index (χ0n) is 26.3. The summed E-state index contributed by atoms with van der Waals surface area (Å²) in [6.45, 7) is 16.7. The van der Waals surface area contributed by atoms with E-state index >= 15 is 0 Å². The van der Waals surface area contributed by atoms with E-state index in [1.807, 2.05) is 0 Å². The Labute approximate surface area is 251 Å². The standard InChI is InChI=1S/C37H54OSSi/c1-8-9-10-11-15-22-31(2)29-35(38-40(6,7)36(3,4)5)30-39-37(32-23-16-12-17-24-32,33-25-18-13-19-26-33)34-27-20-14-21-28-34/h12-14,16-21,23-28,31,35H,8-11,15,22,29-30H2,1-7H3/t31-,35+/m1/s1. The highest BCUT2D eigenvalue weighted by molar-refractivity contribution is 8.00. The molecule has 2 atom stereocenters. The lowest BCUT2D eigenvalue weighted by Gasteiger charge is -2.41. The first-order valence-electron chi connectivity index (χ1n) is 15.6. The van der Waals surface area contributed by atoms with E-state index in [4.69, 9.17) is 4.43 Å². The average molecular weight is 575 g/mol. The number of hydrogen-bond acceptors (Lipinski definition) is 2. The highest BCUT2D eigenvalue weighted by Crippen LogP contribution is 2.49. The van der Waals surface area contributed by atoms with Crippen LogP contribution in [-0.4, -0.2) is 20.2 Å². The first-order valence-corrected chi connectivity index (χ1v) is 19.5. The molecule has 40 heavy (non-hydrogen) atoms. The number of hydrogen-bond donors (Lipinski definition) is 0. The van der Waals surface area contributed by atoms with Crippen LogP contribution in [0.1, 0.15) is 96.3 Å². The maximum Gasteiger partial charge on any atom is 0.192 e. The molecule has 3 rings (SSSR count). The fraction of sp³-hybridized carbons (Fsp3) is 0.514. The van der Waals surface area contributed by atoms with Gasteiger partial charge in [0, 0.05) is 5.75 Å². The van der Waals surface area contributed by atoms with Crippen molar-refractivity contribution in [3.8, 4) is 0 Å². The maximum absolute atomic E-state index is 7.24. The molecule has 0 N–H and O–H groups in total. The minimum Gasteiger partial charge on any atom is -0.413 e. The van der Waals surface area contributed by atoms with Crippen LogP contribution in [0.5, 0.6) is 0 Å². The Morgan fingerprint density at radius 2 is 1.15 bits per heavy atom. The van der Waals surface area contributed by atoms with Gasteiger partial charge in [0.05, 0.1) is 10.9 Å². The van der Waals surface area contributed by atoms with Crippen LogP contribution in [0.3, 0.4) is 0 Å². The molecule has 0 aliphatic carbocycles. The van der Waals surface area contributed by atoms with Crippen molar-refractivity contribution in [3.63, 3.8) is 0 Å². The summed E-state index contributed by atoms with van der Waals surface area (Å²) in [7, 11) is -1.93. The lowest BCUT2D eigenvalue weighted by molar-refractivity contribution is 0.170. The van der Waals surface area contributed by atoms with Crippen LogP contribution in [-0.2, 0) is 9.17 Å². The zero-order valence-corrected chi connectivity index (χ0v) is 28.1. The minimum absolute atomic E-state index is 0.189. The predicted molar refractivity (Wildman–Crippen MR) is 181 cm³/mol. The van der Waals surface area contributed by atoms with Gasteiger partial charge in [-0.3, -0.25) is 0 Å². The van der Waals surface area contributed by atoms with Gasteiger partial charge in [-0.1, -0.05) is 164 Å². The molecule has 0 heterocycles. The number of unbranched alkanes of at least 4 members (excludes halogenated alkanes) is 4. The fourth-order valence-corrected chi connectivity index (χ4v) is 8.43. The van der Waals surface area contributed by atoms with Crippen LogP contribution in [0.4, 0.5) is 0 Å². The monoisotopic (exact) mass is 574 g/mol. The van der Waals surface area contributed by atoms with Crippen molar-refractivity contribution in [1.82, 2.24) is 0 Å². The molecule has 3 aromatic carbocycles. The summed E-state index contributed by atoms with van der Waals surface area (Å²) in [5, 5.41) is 0.189. The van der Waals surface area contributed by atoms with Crippen molar-refractivity contribution in [2.75, 3.05) is 5.75 Å². The van der Waals surface area contributed by atoms with Gasteiger partial charge in [0.25, 0.3) is 0 Å². The van der Waals surface area contributed by atoms with E-state index in [0.29, 0.717) is 5.92 Å². The molecule has 0 radical (unpaired) electrons. The van der Waals surface area contributed by atoms with Gasteiger partial charge in [-0.25, -0.2) is 0 Å². The largest absolute Gasteiger partial charge is 0.413 e. The van der Waals surface area contributed by atoms with E-state index in [1.54, 1.807) is 0 Å². The van der Waals surface area contributed by atoms with Crippen molar-refractivity contribution in [3.05, 3.63) is 108 Å². The quantitative estimate of drug-likeness (QED) is 0.0955. The Hall–Kier alpha value is -1.81. The smallest absolute Gasteiger partial charge is 0.192 e. The summed E-state index contributed by atoms with van der Waals surface area (Å²) in [4.78, 5) is 0. The van der Waals surface area contributed by atoms with Gasteiger partial charge >= 0.3 is 0 Å². The normalized spacial score (nSPS) is 14.2. The zero-order chi connectivity index (χ0) is 29.1. The summed E-state index contributed by atoms with van der Waals surface area (Å²) >= 11 is 2.06. The summed E-state index contributed by atoms with van der Waals surface area (Å²) in [6.07, 6.45) is 9.39. The lowest BCUT2D eigenvalue weighted by Crippen LogP contribution is -2.45. The van der Waals surface area contributed by atoms with Gasteiger partial charge in [0.15, 0.2) is 8.32 Å². The lowest BCUT2D eigenvalue weighted by atomic mass is 9.84. The minimum atomic E-state index is -1.93. The number of rotatable bonds is 16. The fourth-order valence-electron chi connectivity index (χ4n) is 5.39. The molecular weight excluding hydrogens is 521 g/mol. The molecule has 218 valence electrons. The number of benzene rings is 3. The second-order valence-electron chi connectivity index (χ2n) is 13.1. The first-order chi connectivity index (χ1) is 19.1. The molecule has 0 aromatic heterocycles. The molecule has 0 fully saturated rings. The third-order valence-electron chi connectivity index (χ3n) is 8.76. The first kappa shape index (κ1) is 32.7. The molecule has 3 heteroatoms. The van der Waals surface area contributed by atoms with Crippen molar-refractivity contribution in [2.45, 2.75) is 109 Å². The third-order valence-corrected chi connectivity index (χ3v) is 15.0. The van der Waals surface area contributed by atoms with Gasteiger partial charge in [0.1, 0.15) is 0 Å². The van der Waals surface area contributed by atoms with Gasteiger partial charge < -0.3 is 4.43 Å². The van der Waals surface area contributed by atoms with Crippen LogP contribution in [0.2, 0.25) is 18.1 Å². The van der Waals surface area contributed by atoms with Crippen LogP contribution in [0.15, 0.2) is 91.0 Å². The Morgan fingerprint density at radius 3 is 1.57 bits per heavy atom. The third kappa shape index (κ3) is 8.84. The summed E-state index contributed by atoms with van der Waals surface area (Å²) in [5.74, 6) is 1.63. The molecule has 0 saturated heterocycles. The van der Waals surface area contributed by atoms with E-state index in [2.05, 4.69) is 150 Å². The van der Waals surface area contributed by atoms with E-state index in [-0.39, 0.29) is 15.9 Å². The molecular formula is C37H54OSSi. The molecule has 0 bridgehead atoms.